The SMILES string of the molecule is Cl.Cl.O=C(CC1CCNC1)N1CCN(c2ncccn2)CC1. The molecule has 8 heteroatoms. The van der Waals surface area contributed by atoms with E-state index in [1.807, 2.05) is 11.0 Å². The van der Waals surface area contributed by atoms with Gasteiger partial charge in [-0.3, -0.25) is 4.79 Å². The summed E-state index contributed by atoms with van der Waals surface area (Å²) in [6.45, 7) is 5.23. The number of halogens is 2. The maximum absolute atomic E-state index is 12.2. The Bertz CT molecular complexity index is 448. The lowest BCUT2D eigenvalue weighted by Crippen LogP contribution is -2.49. The number of amides is 1. The Morgan fingerprint density at radius 3 is 2.45 bits per heavy atom. The molecule has 0 spiro atoms. The molecule has 0 radical (unpaired) electrons. The number of hydrogen-bond acceptors (Lipinski definition) is 5. The van der Waals surface area contributed by atoms with Gasteiger partial charge in [0.2, 0.25) is 11.9 Å². The first-order valence-corrected chi connectivity index (χ1v) is 7.33. The highest BCUT2D eigenvalue weighted by Crippen LogP contribution is 2.16. The Morgan fingerprint density at radius 1 is 1.18 bits per heavy atom. The number of anilines is 1. The van der Waals surface area contributed by atoms with E-state index in [2.05, 4.69) is 20.2 Å². The minimum absolute atomic E-state index is 0. The summed E-state index contributed by atoms with van der Waals surface area (Å²) in [7, 11) is 0. The summed E-state index contributed by atoms with van der Waals surface area (Å²) >= 11 is 0. The van der Waals surface area contributed by atoms with Gasteiger partial charge in [-0.15, -0.1) is 24.8 Å². The normalized spacial score (nSPS) is 21.0. The van der Waals surface area contributed by atoms with E-state index in [9.17, 15) is 4.79 Å². The smallest absolute Gasteiger partial charge is 0.225 e. The second-order valence-corrected chi connectivity index (χ2v) is 5.48. The van der Waals surface area contributed by atoms with Gasteiger partial charge in [0.1, 0.15) is 0 Å². The summed E-state index contributed by atoms with van der Waals surface area (Å²) in [5, 5.41) is 3.31. The molecular formula is C14H23Cl2N5O. The van der Waals surface area contributed by atoms with Crippen LogP contribution in [-0.2, 0) is 4.79 Å². The van der Waals surface area contributed by atoms with Gasteiger partial charge < -0.3 is 15.1 Å². The molecule has 6 nitrogen and oxygen atoms in total. The molecule has 2 saturated heterocycles. The molecule has 0 aromatic carbocycles. The number of aromatic nitrogens is 2. The van der Waals surface area contributed by atoms with Crippen molar-refractivity contribution in [1.29, 1.82) is 0 Å². The van der Waals surface area contributed by atoms with Gasteiger partial charge in [0.25, 0.3) is 0 Å². The number of hydrogen-bond donors (Lipinski definition) is 1. The zero-order chi connectivity index (χ0) is 13.8. The monoisotopic (exact) mass is 347 g/mol. The van der Waals surface area contributed by atoms with Gasteiger partial charge in [-0.05, 0) is 31.5 Å². The van der Waals surface area contributed by atoms with Crippen LogP contribution in [0.4, 0.5) is 5.95 Å². The van der Waals surface area contributed by atoms with E-state index in [0.717, 1.165) is 51.6 Å². The third-order valence-electron chi connectivity index (χ3n) is 4.09. The maximum Gasteiger partial charge on any atom is 0.225 e. The van der Waals surface area contributed by atoms with Gasteiger partial charge in [-0.2, -0.15) is 0 Å². The number of piperazine rings is 1. The van der Waals surface area contributed by atoms with Crippen molar-refractivity contribution in [2.24, 2.45) is 5.92 Å². The fraction of sp³-hybridized carbons (Fsp3) is 0.643. The molecule has 124 valence electrons. The summed E-state index contributed by atoms with van der Waals surface area (Å²) in [6.07, 6.45) is 5.33. The van der Waals surface area contributed by atoms with Gasteiger partial charge in [0.15, 0.2) is 0 Å². The molecule has 1 aromatic rings. The van der Waals surface area contributed by atoms with E-state index in [-0.39, 0.29) is 24.8 Å². The van der Waals surface area contributed by atoms with E-state index >= 15 is 0 Å². The van der Waals surface area contributed by atoms with Crippen LogP contribution in [0.1, 0.15) is 12.8 Å². The first-order chi connectivity index (χ1) is 9.83. The average molecular weight is 348 g/mol. The summed E-state index contributed by atoms with van der Waals surface area (Å²) in [5.41, 5.74) is 0. The largest absolute Gasteiger partial charge is 0.339 e. The van der Waals surface area contributed by atoms with Crippen molar-refractivity contribution in [3.05, 3.63) is 18.5 Å². The van der Waals surface area contributed by atoms with Crippen molar-refractivity contribution in [3.63, 3.8) is 0 Å². The zero-order valence-corrected chi connectivity index (χ0v) is 14.1. The molecule has 1 aromatic heterocycles. The van der Waals surface area contributed by atoms with Crippen LogP contribution in [-0.4, -0.2) is 60.0 Å². The lowest BCUT2D eigenvalue weighted by molar-refractivity contribution is -0.132. The van der Waals surface area contributed by atoms with Crippen molar-refractivity contribution in [1.82, 2.24) is 20.2 Å². The lowest BCUT2D eigenvalue weighted by Gasteiger charge is -2.35. The van der Waals surface area contributed by atoms with Crippen molar-refractivity contribution < 1.29 is 4.79 Å². The zero-order valence-electron chi connectivity index (χ0n) is 12.5. The number of nitrogens with zero attached hydrogens (tertiary/aromatic N) is 4. The quantitative estimate of drug-likeness (QED) is 0.882. The van der Waals surface area contributed by atoms with E-state index in [1.165, 1.54) is 0 Å². The molecule has 2 aliphatic rings. The Hall–Kier alpha value is -1.11. The second-order valence-electron chi connectivity index (χ2n) is 5.48. The number of carbonyl (C=O) groups is 1. The lowest BCUT2D eigenvalue weighted by atomic mass is 10.0. The first-order valence-electron chi connectivity index (χ1n) is 7.33. The van der Waals surface area contributed by atoms with Crippen LogP contribution >= 0.6 is 24.8 Å². The van der Waals surface area contributed by atoms with Crippen molar-refractivity contribution in [3.8, 4) is 0 Å². The van der Waals surface area contributed by atoms with Gasteiger partial charge in [-0.1, -0.05) is 0 Å². The highest BCUT2D eigenvalue weighted by atomic mass is 35.5. The summed E-state index contributed by atoms with van der Waals surface area (Å²) in [4.78, 5) is 24.9. The van der Waals surface area contributed by atoms with E-state index < -0.39 is 0 Å². The molecule has 2 aliphatic heterocycles. The maximum atomic E-state index is 12.2. The Morgan fingerprint density at radius 2 is 1.86 bits per heavy atom. The minimum atomic E-state index is 0. The number of nitrogens with one attached hydrogen (secondary N) is 1. The highest BCUT2D eigenvalue weighted by Gasteiger charge is 2.25. The summed E-state index contributed by atoms with van der Waals surface area (Å²) < 4.78 is 0. The Balaban J connectivity index is 0.00000121. The van der Waals surface area contributed by atoms with Gasteiger partial charge in [-0.25, -0.2) is 9.97 Å². The first kappa shape index (κ1) is 18.9. The molecule has 1 unspecified atom stereocenters. The molecule has 2 fully saturated rings. The molecule has 22 heavy (non-hydrogen) atoms. The third kappa shape index (κ3) is 4.69. The molecule has 0 bridgehead atoms. The Kier molecular flexibility index (Phi) is 7.85. The van der Waals surface area contributed by atoms with Crippen molar-refractivity contribution in [2.45, 2.75) is 12.8 Å². The summed E-state index contributed by atoms with van der Waals surface area (Å²) in [6, 6.07) is 1.82. The van der Waals surface area contributed by atoms with E-state index in [1.54, 1.807) is 12.4 Å². The van der Waals surface area contributed by atoms with Crippen LogP contribution in [0.5, 0.6) is 0 Å². The molecule has 1 amide bonds. The van der Waals surface area contributed by atoms with Crippen molar-refractivity contribution >= 4 is 36.7 Å². The third-order valence-corrected chi connectivity index (χ3v) is 4.09. The molecule has 3 rings (SSSR count). The van der Waals surface area contributed by atoms with Crippen LogP contribution in [0.25, 0.3) is 0 Å². The molecule has 1 atom stereocenters. The number of carbonyl (C=O) groups excluding carboxylic acids is 1. The van der Waals surface area contributed by atoms with Crippen LogP contribution in [0.3, 0.4) is 0 Å². The fourth-order valence-electron chi connectivity index (χ4n) is 2.88. The predicted octanol–water partition coefficient (Wildman–Crippen LogP) is 0.968. The number of rotatable bonds is 3. The molecular weight excluding hydrogens is 325 g/mol. The van der Waals surface area contributed by atoms with Gasteiger partial charge in [0, 0.05) is 45.0 Å². The minimum Gasteiger partial charge on any atom is -0.339 e. The van der Waals surface area contributed by atoms with Crippen LogP contribution < -0.4 is 10.2 Å². The Labute approximate surface area is 143 Å². The van der Waals surface area contributed by atoms with Gasteiger partial charge in [0.05, 0.1) is 0 Å². The van der Waals surface area contributed by atoms with Gasteiger partial charge >= 0.3 is 0 Å². The van der Waals surface area contributed by atoms with E-state index in [4.69, 9.17) is 0 Å². The highest BCUT2D eigenvalue weighted by molar-refractivity contribution is 5.85. The van der Waals surface area contributed by atoms with Crippen LogP contribution in [0.2, 0.25) is 0 Å². The topological polar surface area (TPSA) is 61.4 Å². The molecule has 0 aliphatic carbocycles. The average Bonchev–Trinajstić information content (AvgIpc) is 3.01. The molecule has 0 saturated carbocycles. The van der Waals surface area contributed by atoms with Crippen molar-refractivity contribution in [2.75, 3.05) is 44.2 Å². The van der Waals surface area contributed by atoms with E-state index in [0.29, 0.717) is 18.2 Å². The van der Waals surface area contributed by atoms with Crippen LogP contribution in [0, 0.1) is 5.92 Å². The molecule has 3 heterocycles. The second kappa shape index (κ2) is 9.12. The molecule has 1 N–H and O–H groups in total. The predicted molar refractivity (Wildman–Crippen MR) is 90.9 cm³/mol. The standard InChI is InChI=1S/C14H21N5O.2ClH/c20-13(10-12-2-5-15-11-12)18-6-8-19(9-7-18)14-16-3-1-4-17-14;;/h1,3-4,12,15H,2,5-11H2;2*1H. The van der Waals surface area contributed by atoms with Crippen LogP contribution in [0.15, 0.2) is 18.5 Å². The summed E-state index contributed by atoms with van der Waals surface area (Å²) in [5.74, 6) is 1.59. The fourth-order valence-corrected chi connectivity index (χ4v) is 2.88.